The molecular formula is C15H11F3N2O3. The van der Waals surface area contributed by atoms with Crippen molar-refractivity contribution in [2.75, 3.05) is 7.11 Å². The minimum atomic E-state index is -1.38. The molecule has 2 rings (SSSR count). The first-order valence-electron chi connectivity index (χ1n) is 6.38. The molecule has 0 saturated heterocycles. The van der Waals surface area contributed by atoms with Gasteiger partial charge in [0.2, 0.25) is 0 Å². The van der Waals surface area contributed by atoms with Gasteiger partial charge in [-0.05, 0) is 12.1 Å². The molecule has 23 heavy (non-hydrogen) atoms. The molecule has 5 nitrogen and oxygen atoms in total. The van der Waals surface area contributed by atoms with Crippen molar-refractivity contribution in [2.24, 2.45) is 0 Å². The van der Waals surface area contributed by atoms with Gasteiger partial charge < -0.3 is 10.1 Å². The Labute approximate surface area is 129 Å². The predicted octanol–water partition coefficient (Wildman–Crippen LogP) is 2.14. The number of esters is 1. The molecule has 1 N–H and O–H groups in total. The highest BCUT2D eigenvalue weighted by molar-refractivity contribution is 5.97. The van der Waals surface area contributed by atoms with Crippen LogP contribution in [0.3, 0.4) is 0 Å². The van der Waals surface area contributed by atoms with Crippen molar-refractivity contribution in [2.45, 2.75) is 6.04 Å². The first-order chi connectivity index (χ1) is 10.9. The van der Waals surface area contributed by atoms with Crippen molar-refractivity contribution in [1.82, 2.24) is 10.3 Å². The molecule has 0 bridgehead atoms. The minimum Gasteiger partial charge on any atom is -0.467 e. The highest BCUT2D eigenvalue weighted by Gasteiger charge is 2.28. The summed E-state index contributed by atoms with van der Waals surface area (Å²) in [5, 5.41) is 2.12. The third-order valence-corrected chi connectivity index (χ3v) is 2.93. The van der Waals surface area contributed by atoms with Crippen molar-refractivity contribution >= 4 is 11.9 Å². The number of pyridine rings is 1. The zero-order valence-electron chi connectivity index (χ0n) is 11.8. The lowest BCUT2D eigenvalue weighted by atomic mass is 10.1. The fourth-order valence-electron chi connectivity index (χ4n) is 1.88. The molecule has 0 unspecified atom stereocenters. The van der Waals surface area contributed by atoms with E-state index in [1.165, 1.54) is 12.3 Å². The second kappa shape index (κ2) is 6.91. The van der Waals surface area contributed by atoms with Gasteiger partial charge in [-0.15, -0.1) is 0 Å². The average Bonchev–Trinajstić information content (AvgIpc) is 2.51. The summed E-state index contributed by atoms with van der Waals surface area (Å²) in [5.41, 5.74) is -0.883. The van der Waals surface area contributed by atoms with E-state index in [0.29, 0.717) is 12.1 Å². The summed E-state index contributed by atoms with van der Waals surface area (Å²) in [7, 11) is 1.09. The number of nitrogens with zero attached hydrogens (tertiary/aromatic N) is 1. The van der Waals surface area contributed by atoms with Crippen LogP contribution < -0.4 is 5.32 Å². The largest absolute Gasteiger partial charge is 0.467 e. The zero-order valence-corrected chi connectivity index (χ0v) is 11.8. The summed E-state index contributed by atoms with van der Waals surface area (Å²) >= 11 is 0. The van der Waals surface area contributed by atoms with Gasteiger partial charge >= 0.3 is 5.97 Å². The number of hydrogen-bond donors (Lipinski definition) is 1. The van der Waals surface area contributed by atoms with E-state index in [0.717, 1.165) is 7.11 Å². The van der Waals surface area contributed by atoms with Crippen LogP contribution in [-0.2, 0) is 9.53 Å². The van der Waals surface area contributed by atoms with Crippen molar-refractivity contribution in [3.63, 3.8) is 0 Å². The molecule has 1 aromatic carbocycles. The number of ether oxygens (including phenoxy) is 1. The Balaban J connectivity index is 2.34. The van der Waals surface area contributed by atoms with E-state index in [1.54, 1.807) is 12.1 Å². The van der Waals surface area contributed by atoms with Crippen LogP contribution in [0.4, 0.5) is 13.2 Å². The van der Waals surface area contributed by atoms with E-state index >= 15 is 0 Å². The molecule has 1 aromatic heterocycles. The molecule has 1 amide bonds. The second-order valence-corrected chi connectivity index (χ2v) is 4.43. The Morgan fingerprint density at radius 2 is 1.83 bits per heavy atom. The lowest BCUT2D eigenvalue weighted by molar-refractivity contribution is -0.143. The van der Waals surface area contributed by atoms with Crippen molar-refractivity contribution in [1.29, 1.82) is 0 Å². The first kappa shape index (κ1) is 16.5. The number of hydrogen-bond acceptors (Lipinski definition) is 4. The standard InChI is InChI=1S/C15H11F3N2O3/c1-23-15(22)13(11-4-2-3-5-19-11)20-14(21)12-9(17)6-8(16)7-10(12)18/h2-7,13H,1H3,(H,20,21)/t13-/m0/s1. The van der Waals surface area contributed by atoms with Gasteiger partial charge in [0, 0.05) is 18.3 Å². The Morgan fingerprint density at radius 3 is 2.35 bits per heavy atom. The van der Waals surface area contributed by atoms with E-state index < -0.39 is 40.9 Å². The van der Waals surface area contributed by atoms with Crippen LogP contribution in [0.2, 0.25) is 0 Å². The first-order valence-corrected chi connectivity index (χ1v) is 6.38. The monoisotopic (exact) mass is 324 g/mol. The Kier molecular flexibility index (Phi) is 4.95. The van der Waals surface area contributed by atoms with Crippen molar-refractivity contribution in [3.05, 3.63) is 65.2 Å². The number of halogens is 3. The zero-order chi connectivity index (χ0) is 17.0. The third kappa shape index (κ3) is 3.65. The summed E-state index contributed by atoms with van der Waals surface area (Å²) in [4.78, 5) is 27.7. The summed E-state index contributed by atoms with van der Waals surface area (Å²) in [6.45, 7) is 0. The third-order valence-electron chi connectivity index (χ3n) is 2.93. The molecule has 0 saturated carbocycles. The number of carbonyl (C=O) groups is 2. The van der Waals surface area contributed by atoms with E-state index in [2.05, 4.69) is 15.0 Å². The maximum Gasteiger partial charge on any atom is 0.334 e. The number of benzene rings is 1. The molecule has 1 atom stereocenters. The summed E-state index contributed by atoms with van der Waals surface area (Å²) in [6.07, 6.45) is 1.37. The van der Waals surface area contributed by atoms with E-state index in [4.69, 9.17) is 0 Å². The fourth-order valence-corrected chi connectivity index (χ4v) is 1.88. The number of nitrogens with one attached hydrogen (secondary N) is 1. The summed E-state index contributed by atoms with van der Waals surface area (Å²) in [6, 6.07) is 3.94. The van der Waals surface area contributed by atoms with Crippen molar-refractivity contribution < 1.29 is 27.5 Å². The molecule has 0 aliphatic carbocycles. The second-order valence-electron chi connectivity index (χ2n) is 4.43. The van der Waals surface area contributed by atoms with Gasteiger partial charge in [0.1, 0.15) is 23.0 Å². The van der Waals surface area contributed by atoms with Gasteiger partial charge in [-0.2, -0.15) is 0 Å². The van der Waals surface area contributed by atoms with E-state index in [-0.39, 0.29) is 5.69 Å². The van der Waals surface area contributed by atoms with Crippen LogP contribution in [0.1, 0.15) is 22.1 Å². The summed E-state index contributed by atoms with van der Waals surface area (Å²) < 4.78 is 44.7. The average molecular weight is 324 g/mol. The van der Waals surface area contributed by atoms with Gasteiger partial charge in [0.15, 0.2) is 6.04 Å². The smallest absolute Gasteiger partial charge is 0.334 e. The van der Waals surface area contributed by atoms with Crippen LogP contribution in [0.5, 0.6) is 0 Å². The van der Waals surface area contributed by atoms with Crippen LogP contribution in [-0.4, -0.2) is 24.0 Å². The van der Waals surface area contributed by atoms with Gasteiger partial charge in [0.25, 0.3) is 5.91 Å². The van der Waals surface area contributed by atoms with Gasteiger partial charge in [0.05, 0.1) is 12.8 Å². The molecule has 120 valence electrons. The number of aromatic nitrogens is 1. The predicted molar refractivity (Wildman–Crippen MR) is 72.8 cm³/mol. The van der Waals surface area contributed by atoms with Gasteiger partial charge in [-0.1, -0.05) is 6.07 Å². The van der Waals surface area contributed by atoms with E-state index in [9.17, 15) is 22.8 Å². The quantitative estimate of drug-likeness (QED) is 0.875. The SMILES string of the molecule is COC(=O)[C@@H](NC(=O)c1c(F)cc(F)cc1F)c1ccccn1. The van der Waals surface area contributed by atoms with Gasteiger partial charge in [-0.25, -0.2) is 18.0 Å². The topological polar surface area (TPSA) is 68.3 Å². The maximum absolute atomic E-state index is 13.6. The Morgan fingerprint density at radius 1 is 1.17 bits per heavy atom. The lowest BCUT2D eigenvalue weighted by Crippen LogP contribution is -2.36. The molecule has 0 radical (unpaired) electrons. The van der Waals surface area contributed by atoms with E-state index in [1.807, 2.05) is 0 Å². The molecule has 2 aromatic rings. The number of carbonyl (C=O) groups excluding carboxylic acids is 2. The highest BCUT2D eigenvalue weighted by atomic mass is 19.1. The Bertz CT molecular complexity index is 715. The Hall–Kier alpha value is -2.90. The fraction of sp³-hybridized carbons (Fsp3) is 0.133. The summed E-state index contributed by atoms with van der Waals surface area (Å²) in [5.74, 6) is -6.04. The molecule has 0 aliphatic heterocycles. The number of methoxy groups -OCH3 is 1. The molecule has 8 heteroatoms. The van der Waals surface area contributed by atoms with Crippen LogP contribution in [0.25, 0.3) is 0 Å². The number of rotatable bonds is 4. The normalized spacial score (nSPS) is 11.7. The van der Waals surface area contributed by atoms with Crippen molar-refractivity contribution in [3.8, 4) is 0 Å². The molecule has 0 fully saturated rings. The molecule has 1 heterocycles. The van der Waals surface area contributed by atoms with Crippen LogP contribution >= 0.6 is 0 Å². The highest BCUT2D eigenvalue weighted by Crippen LogP contribution is 2.17. The molecule has 0 aliphatic rings. The lowest BCUT2D eigenvalue weighted by Gasteiger charge is -2.16. The molecule has 0 spiro atoms. The number of amides is 1. The molecular weight excluding hydrogens is 313 g/mol. The minimum absolute atomic E-state index is 0.121. The van der Waals surface area contributed by atoms with Gasteiger partial charge in [-0.3, -0.25) is 9.78 Å². The van der Waals surface area contributed by atoms with Crippen LogP contribution in [0, 0.1) is 17.5 Å². The van der Waals surface area contributed by atoms with Crippen LogP contribution in [0.15, 0.2) is 36.5 Å². The maximum atomic E-state index is 13.6.